The van der Waals surface area contributed by atoms with Crippen molar-refractivity contribution in [3.8, 4) is 5.75 Å². The van der Waals surface area contributed by atoms with Gasteiger partial charge in [0.2, 0.25) is 0 Å². The molecule has 0 unspecified atom stereocenters. The van der Waals surface area contributed by atoms with Crippen molar-refractivity contribution in [1.82, 2.24) is 0 Å². The van der Waals surface area contributed by atoms with E-state index in [4.69, 9.17) is 32.9 Å². The van der Waals surface area contributed by atoms with Crippen LogP contribution >= 0.6 is 0 Å². The Morgan fingerprint density at radius 2 is 1.74 bits per heavy atom. The summed E-state index contributed by atoms with van der Waals surface area (Å²) in [7, 11) is 0. The molecule has 0 heterocycles. The Labute approximate surface area is 175 Å². The summed E-state index contributed by atoms with van der Waals surface area (Å²) in [5.41, 5.74) is 30.9. The average molecular weight is 429 g/mol. The summed E-state index contributed by atoms with van der Waals surface area (Å²) in [6.07, 6.45) is 1.51. The van der Waals surface area contributed by atoms with Gasteiger partial charge in [-0.15, -0.1) is 5.11 Å². The molecule has 17 nitrogen and oxygen atoms in total. The van der Waals surface area contributed by atoms with Gasteiger partial charge in [0, 0.05) is 44.8 Å². The van der Waals surface area contributed by atoms with Crippen molar-refractivity contribution in [2.24, 2.45) is 41.7 Å². The van der Waals surface area contributed by atoms with Crippen LogP contribution in [0.1, 0.15) is 12.0 Å². The molecule has 0 aliphatic carbocycles. The molecule has 0 saturated heterocycles. The summed E-state index contributed by atoms with van der Waals surface area (Å²) >= 11 is 0. The van der Waals surface area contributed by atoms with Crippen molar-refractivity contribution in [2.45, 2.75) is 12.0 Å². The van der Waals surface area contributed by atoms with Crippen molar-refractivity contribution in [1.29, 1.82) is 0 Å². The molecular weight excluding hydrogens is 410 g/mol. The topological polar surface area (TPSA) is 274 Å². The highest BCUT2D eigenvalue weighted by atomic mass is 16.5. The third kappa shape index (κ3) is 8.13. The van der Waals surface area contributed by atoms with Gasteiger partial charge in [-0.25, -0.2) is 0 Å². The fourth-order valence-corrected chi connectivity index (χ4v) is 2.28. The molecule has 0 aromatic heterocycles. The summed E-state index contributed by atoms with van der Waals surface area (Å²) in [6.45, 7) is -0.234. The maximum Gasteiger partial charge on any atom is 0.148 e. The van der Waals surface area contributed by atoms with Crippen LogP contribution in [0.25, 0.3) is 31.3 Å². The minimum atomic E-state index is -1.40. The van der Waals surface area contributed by atoms with E-state index in [1.807, 2.05) is 0 Å². The largest absolute Gasteiger partial charge is 0.491 e. The van der Waals surface area contributed by atoms with Crippen LogP contribution in [-0.4, -0.2) is 44.5 Å². The summed E-state index contributed by atoms with van der Waals surface area (Å²) in [5, 5.41) is 20.0. The highest BCUT2D eigenvalue weighted by molar-refractivity contribution is 5.89. The van der Waals surface area contributed by atoms with E-state index < -0.39 is 5.54 Å². The molecule has 1 rings (SSSR count). The molecule has 0 fully saturated rings. The molecule has 0 amide bonds. The monoisotopic (exact) mass is 429 g/mol. The Morgan fingerprint density at radius 3 is 2.32 bits per heavy atom. The second-order valence-electron chi connectivity index (χ2n) is 5.85. The molecule has 0 spiro atoms. The number of nitrogens with zero attached hydrogens (tertiary/aromatic N) is 13. The van der Waals surface area contributed by atoms with Crippen molar-refractivity contribution >= 4 is 17.6 Å². The van der Waals surface area contributed by atoms with E-state index >= 15 is 0 Å². The minimum absolute atomic E-state index is 0.0704. The van der Waals surface area contributed by atoms with E-state index in [0.29, 0.717) is 11.3 Å². The van der Waals surface area contributed by atoms with E-state index in [9.17, 15) is 4.91 Å². The van der Waals surface area contributed by atoms with Crippen molar-refractivity contribution < 1.29 is 4.74 Å². The Kier molecular flexibility index (Phi) is 10.7. The normalized spacial score (nSPS) is 12.4. The number of benzene rings is 1. The number of nitroso groups, excluding NO2 is 1. The summed E-state index contributed by atoms with van der Waals surface area (Å²) < 4.78 is 5.46. The lowest BCUT2D eigenvalue weighted by Gasteiger charge is -2.20. The van der Waals surface area contributed by atoms with E-state index in [1.54, 1.807) is 0 Å². The van der Waals surface area contributed by atoms with E-state index in [1.165, 1.54) is 18.3 Å². The molecule has 0 atom stereocenters. The van der Waals surface area contributed by atoms with Crippen molar-refractivity contribution in [2.75, 3.05) is 38.5 Å². The number of aliphatic imine (C=N–C) groups is 1. The first kappa shape index (κ1) is 24.5. The van der Waals surface area contributed by atoms with Gasteiger partial charge in [-0.1, -0.05) is 25.7 Å². The second kappa shape index (κ2) is 13.6. The van der Waals surface area contributed by atoms with E-state index in [0.717, 1.165) is 0 Å². The van der Waals surface area contributed by atoms with E-state index in [2.05, 4.69) is 50.6 Å². The fourth-order valence-electron chi connectivity index (χ4n) is 2.28. The number of azide groups is 3. The van der Waals surface area contributed by atoms with Crippen LogP contribution in [0.5, 0.6) is 5.75 Å². The number of ether oxygens (including phenoxy) is 1. The average Bonchev–Trinajstić information content (AvgIpc) is 2.78. The minimum Gasteiger partial charge on any atom is -0.491 e. The molecule has 1 aromatic rings. The van der Waals surface area contributed by atoms with E-state index in [-0.39, 0.29) is 50.6 Å². The third-order valence-electron chi connectivity index (χ3n) is 3.83. The molecule has 4 N–H and O–H groups in total. The van der Waals surface area contributed by atoms with Crippen molar-refractivity contribution in [3.05, 3.63) is 53.9 Å². The highest BCUT2D eigenvalue weighted by Gasteiger charge is 2.30. The molecule has 31 heavy (non-hydrogen) atoms. The second-order valence-corrected chi connectivity index (χ2v) is 5.85. The van der Waals surface area contributed by atoms with Crippen LogP contribution in [0.15, 0.2) is 48.0 Å². The Balaban J connectivity index is 2.97. The Hall–Kier alpha value is -4.58. The van der Waals surface area contributed by atoms with Gasteiger partial charge in [-0.2, -0.15) is 4.91 Å². The van der Waals surface area contributed by atoms with Gasteiger partial charge in [0.15, 0.2) is 0 Å². The molecule has 17 heteroatoms. The summed E-state index contributed by atoms with van der Waals surface area (Å²) in [5.74, 6) is 5.40. The van der Waals surface area contributed by atoms with Gasteiger partial charge in [0.05, 0.1) is 26.2 Å². The van der Waals surface area contributed by atoms with Crippen molar-refractivity contribution in [3.63, 3.8) is 0 Å². The lowest BCUT2D eigenvalue weighted by molar-refractivity contribution is 0.329. The zero-order chi connectivity index (χ0) is 23.0. The molecule has 0 aliphatic rings. The molecule has 0 bridgehead atoms. The lowest BCUT2D eigenvalue weighted by Crippen LogP contribution is -2.34. The van der Waals surface area contributed by atoms with Gasteiger partial charge >= 0.3 is 0 Å². The SMILES string of the molecule is [N-]=[N+]=NCCOc1cc(N)c(C=NCCC(CN=[N+]=[N-])(CN=[N+]=[N-])N=O)cc1N=NN. The maximum absolute atomic E-state index is 11.3. The molecule has 1 aromatic carbocycles. The van der Waals surface area contributed by atoms with Gasteiger partial charge in [-0.05, 0) is 29.1 Å². The van der Waals surface area contributed by atoms with Gasteiger partial charge < -0.3 is 16.3 Å². The number of anilines is 1. The van der Waals surface area contributed by atoms with Gasteiger partial charge in [0.25, 0.3) is 0 Å². The molecular formula is C14H19N15O2. The van der Waals surface area contributed by atoms with Crippen LogP contribution < -0.4 is 16.3 Å². The third-order valence-corrected chi connectivity index (χ3v) is 3.83. The summed E-state index contributed by atoms with van der Waals surface area (Å²) in [6, 6.07) is 3.02. The smallest absolute Gasteiger partial charge is 0.148 e. The predicted molar refractivity (Wildman–Crippen MR) is 113 cm³/mol. The number of nitrogen functional groups attached to an aromatic ring is 1. The Bertz CT molecular complexity index is 935. The standard InChI is InChI=1S/C14H19N15O2/c15-11-6-13(31-4-3-21-26-16)12(24-29-19)5-10(11)7-20-2-1-14(25-30,8-22-27-17)9-23-28-18/h5-7H,1-4,8-9,15H2,(H2,19,24). The van der Waals surface area contributed by atoms with Crippen LogP contribution in [-0.2, 0) is 0 Å². The van der Waals surface area contributed by atoms with Crippen LogP contribution in [0.3, 0.4) is 0 Å². The number of hydrogen-bond donors (Lipinski definition) is 2. The number of rotatable bonds is 14. The van der Waals surface area contributed by atoms with Crippen LogP contribution in [0.4, 0.5) is 11.4 Å². The van der Waals surface area contributed by atoms with Crippen LogP contribution in [0.2, 0.25) is 0 Å². The molecule has 0 saturated carbocycles. The van der Waals surface area contributed by atoms with Gasteiger partial charge in [0.1, 0.15) is 17.0 Å². The highest BCUT2D eigenvalue weighted by Crippen LogP contribution is 2.32. The Morgan fingerprint density at radius 1 is 1.06 bits per heavy atom. The fraction of sp³-hybridized carbons (Fsp3) is 0.500. The molecule has 0 aliphatic heterocycles. The van der Waals surface area contributed by atoms with Gasteiger partial charge in [-0.3, -0.25) is 4.99 Å². The quantitative estimate of drug-likeness (QED) is 0.0512. The predicted octanol–water partition coefficient (Wildman–Crippen LogP) is 3.85. The number of hydrogen-bond acceptors (Lipinski definition) is 10. The first-order chi connectivity index (χ1) is 15.1. The first-order valence-corrected chi connectivity index (χ1v) is 8.60. The maximum atomic E-state index is 11.3. The first-order valence-electron chi connectivity index (χ1n) is 8.60. The molecule has 162 valence electrons. The zero-order valence-electron chi connectivity index (χ0n) is 16.3. The summed E-state index contributed by atoms with van der Waals surface area (Å²) in [4.78, 5) is 23.3. The number of nitrogens with two attached hydrogens (primary N) is 2. The van der Waals surface area contributed by atoms with Crippen LogP contribution in [0, 0.1) is 4.91 Å². The molecule has 0 radical (unpaired) electrons. The lowest BCUT2D eigenvalue weighted by atomic mass is 9.97. The zero-order valence-corrected chi connectivity index (χ0v) is 16.3.